The summed E-state index contributed by atoms with van der Waals surface area (Å²) in [5.74, 6) is -0.553. The third-order valence-corrected chi connectivity index (χ3v) is 4.75. The summed E-state index contributed by atoms with van der Waals surface area (Å²) in [5, 5.41) is 62.7. The molecule has 13 heteroatoms. The van der Waals surface area contributed by atoms with Gasteiger partial charge in [0.05, 0.1) is 19.8 Å². The van der Waals surface area contributed by atoms with Crippen molar-refractivity contribution in [3.63, 3.8) is 0 Å². The molecule has 1 unspecified atom stereocenters. The Morgan fingerprint density at radius 3 is 2.31 bits per heavy atom. The average Bonchev–Trinajstić information content (AvgIpc) is 2.68. The number of nitrogens with one attached hydrogen (secondary N) is 1. The molecule has 13 nitrogen and oxygen atoms in total. The molecule has 0 aromatic rings. The first-order valence-electron chi connectivity index (χ1n) is 9.23. The smallest absolute Gasteiger partial charge is 0.217 e. The van der Waals surface area contributed by atoms with Gasteiger partial charge in [-0.15, -0.1) is 0 Å². The van der Waals surface area contributed by atoms with Crippen molar-refractivity contribution in [2.45, 2.75) is 68.3 Å². The first-order valence-corrected chi connectivity index (χ1v) is 9.23. The molecule has 9 N–H and O–H groups in total. The molecule has 0 aromatic carbocycles. The largest absolute Gasteiger partial charge is 0.394 e. The van der Waals surface area contributed by atoms with Gasteiger partial charge in [-0.2, -0.15) is 0 Å². The normalized spacial score (nSPS) is 43.2. The van der Waals surface area contributed by atoms with Crippen LogP contribution in [0, 0.1) is 0 Å². The van der Waals surface area contributed by atoms with E-state index < -0.39 is 73.9 Å². The van der Waals surface area contributed by atoms with E-state index in [0.717, 1.165) is 0 Å². The quantitative estimate of drug-likeness (QED) is 0.171. The Bertz CT molecular complexity index is 527. The number of aliphatic hydroxyl groups excluding tert-OH is 6. The van der Waals surface area contributed by atoms with Gasteiger partial charge in [-0.05, 0) is 0 Å². The summed E-state index contributed by atoms with van der Waals surface area (Å²) >= 11 is 0. The van der Waals surface area contributed by atoms with Crippen LogP contribution in [0.2, 0.25) is 0 Å². The van der Waals surface area contributed by atoms with Gasteiger partial charge in [0.25, 0.3) is 0 Å². The lowest BCUT2D eigenvalue weighted by Crippen LogP contribution is -2.67. The number of nitrogens with two attached hydrogens (primary N) is 1. The summed E-state index contributed by atoms with van der Waals surface area (Å²) in [7, 11) is 0. The van der Waals surface area contributed by atoms with Gasteiger partial charge in [0.1, 0.15) is 48.8 Å². The van der Waals surface area contributed by atoms with Crippen molar-refractivity contribution < 1.29 is 54.4 Å². The average molecular weight is 426 g/mol. The lowest BCUT2D eigenvalue weighted by atomic mass is 9.95. The second kappa shape index (κ2) is 10.9. The van der Waals surface area contributed by atoms with E-state index in [1.165, 1.54) is 6.92 Å². The molecule has 0 bridgehead atoms. The summed E-state index contributed by atoms with van der Waals surface area (Å²) in [4.78, 5) is 11.3. The fourth-order valence-corrected chi connectivity index (χ4v) is 3.24. The maximum atomic E-state index is 11.3. The van der Waals surface area contributed by atoms with Gasteiger partial charge in [0, 0.05) is 13.5 Å². The fourth-order valence-electron chi connectivity index (χ4n) is 3.24. The highest BCUT2D eigenvalue weighted by molar-refractivity contribution is 5.73. The highest BCUT2D eigenvalue weighted by atomic mass is 16.7. The Kier molecular flexibility index (Phi) is 9.12. The topological polar surface area (TPSA) is 213 Å². The molecule has 0 aliphatic carbocycles. The third-order valence-electron chi connectivity index (χ3n) is 4.75. The summed E-state index contributed by atoms with van der Waals surface area (Å²) in [6.45, 7) is 0.759. The van der Waals surface area contributed by atoms with Gasteiger partial charge in [-0.3, -0.25) is 4.79 Å². The SMILES string of the molecule is CC(=O)N[C@H]1C(O)O[C@H](CO)[C@@H](O[C@@H]2O[C@H](COCCN)[C@@H](O)[C@H](O)[C@@H]2O)[C@@H]1O. The molecule has 2 fully saturated rings. The summed E-state index contributed by atoms with van der Waals surface area (Å²) in [6, 6.07) is -1.28. The Labute approximate surface area is 166 Å². The van der Waals surface area contributed by atoms with E-state index >= 15 is 0 Å². The van der Waals surface area contributed by atoms with Crippen molar-refractivity contribution >= 4 is 5.91 Å². The van der Waals surface area contributed by atoms with Crippen LogP contribution < -0.4 is 11.1 Å². The van der Waals surface area contributed by atoms with Gasteiger partial charge < -0.3 is 60.6 Å². The van der Waals surface area contributed by atoms with E-state index in [9.17, 15) is 35.4 Å². The van der Waals surface area contributed by atoms with E-state index in [1.54, 1.807) is 0 Å². The fraction of sp³-hybridized carbons (Fsp3) is 0.938. The van der Waals surface area contributed by atoms with Crippen molar-refractivity contribution in [2.75, 3.05) is 26.4 Å². The van der Waals surface area contributed by atoms with Crippen molar-refractivity contribution in [3.8, 4) is 0 Å². The number of carbonyl (C=O) groups is 1. The molecule has 170 valence electrons. The van der Waals surface area contributed by atoms with E-state index in [2.05, 4.69) is 5.32 Å². The monoisotopic (exact) mass is 426 g/mol. The first-order chi connectivity index (χ1) is 13.7. The second-order valence-electron chi connectivity index (χ2n) is 6.94. The molecule has 2 aliphatic heterocycles. The molecule has 0 aromatic heterocycles. The van der Waals surface area contributed by atoms with Crippen LogP contribution in [0.3, 0.4) is 0 Å². The molecule has 2 aliphatic rings. The minimum Gasteiger partial charge on any atom is -0.394 e. The third kappa shape index (κ3) is 5.80. The van der Waals surface area contributed by atoms with E-state index in [-0.39, 0.29) is 19.8 Å². The summed E-state index contributed by atoms with van der Waals surface area (Å²) < 4.78 is 21.4. The number of hydrogen-bond acceptors (Lipinski definition) is 12. The number of ether oxygens (including phenoxy) is 4. The number of amides is 1. The zero-order chi connectivity index (χ0) is 21.7. The van der Waals surface area contributed by atoms with Crippen molar-refractivity contribution in [1.29, 1.82) is 0 Å². The van der Waals surface area contributed by atoms with Crippen molar-refractivity contribution in [2.24, 2.45) is 5.73 Å². The minimum atomic E-state index is -1.70. The van der Waals surface area contributed by atoms with E-state index in [4.69, 9.17) is 24.7 Å². The Morgan fingerprint density at radius 1 is 1.03 bits per heavy atom. The van der Waals surface area contributed by atoms with Crippen LogP contribution in [0.1, 0.15) is 6.92 Å². The van der Waals surface area contributed by atoms with Crippen LogP contribution in [-0.2, 0) is 23.7 Å². The van der Waals surface area contributed by atoms with Crippen LogP contribution in [-0.4, -0.2) is 124 Å². The van der Waals surface area contributed by atoms with E-state index in [0.29, 0.717) is 0 Å². The second-order valence-corrected chi connectivity index (χ2v) is 6.94. The number of carbonyl (C=O) groups excluding carboxylic acids is 1. The van der Waals surface area contributed by atoms with Gasteiger partial charge in [0.15, 0.2) is 12.6 Å². The van der Waals surface area contributed by atoms with Crippen LogP contribution in [0.5, 0.6) is 0 Å². The Hall–Kier alpha value is -0.970. The molecule has 0 radical (unpaired) electrons. The van der Waals surface area contributed by atoms with Gasteiger partial charge in [-0.1, -0.05) is 0 Å². The molecule has 2 saturated heterocycles. The van der Waals surface area contributed by atoms with E-state index in [1.807, 2.05) is 0 Å². The van der Waals surface area contributed by atoms with Crippen LogP contribution in [0.15, 0.2) is 0 Å². The van der Waals surface area contributed by atoms with Crippen molar-refractivity contribution in [3.05, 3.63) is 0 Å². The predicted octanol–water partition coefficient (Wildman–Crippen LogP) is -5.27. The Balaban J connectivity index is 2.13. The lowest BCUT2D eigenvalue weighted by molar-refractivity contribution is -0.346. The summed E-state index contributed by atoms with van der Waals surface area (Å²) in [6.07, 6.45) is -13.2. The zero-order valence-electron chi connectivity index (χ0n) is 15.9. The molecule has 10 atom stereocenters. The first kappa shape index (κ1) is 24.3. The standard InChI is InChI=1S/C16H30N2O11/c1-6(20)18-9-11(22)14(7(4-19)27-15(9)25)29-16-13(24)12(23)10(21)8(28-16)5-26-3-2-17/h7-16,19,21-25H,2-5,17H2,1H3,(H,18,20)/t7-,8-,9-,10-,11-,12+,13+,14-,15?,16+/m1/s1. The highest BCUT2D eigenvalue weighted by Gasteiger charge is 2.50. The number of aliphatic hydroxyl groups is 6. The molecule has 1 amide bonds. The molecule has 0 spiro atoms. The van der Waals surface area contributed by atoms with Crippen LogP contribution in [0.4, 0.5) is 0 Å². The van der Waals surface area contributed by atoms with Gasteiger partial charge >= 0.3 is 0 Å². The molecular weight excluding hydrogens is 396 g/mol. The molecular formula is C16H30N2O11. The van der Waals surface area contributed by atoms with Crippen LogP contribution in [0.25, 0.3) is 0 Å². The molecule has 2 rings (SSSR count). The molecule has 29 heavy (non-hydrogen) atoms. The minimum absolute atomic E-state index is 0.150. The van der Waals surface area contributed by atoms with Crippen molar-refractivity contribution in [1.82, 2.24) is 5.32 Å². The molecule has 0 saturated carbocycles. The zero-order valence-corrected chi connectivity index (χ0v) is 15.9. The lowest BCUT2D eigenvalue weighted by Gasteiger charge is -2.46. The predicted molar refractivity (Wildman–Crippen MR) is 93.0 cm³/mol. The van der Waals surface area contributed by atoms with Gasteiger partial charge in [-0.25, -0.2) is 0 Å². The maximum Gasteiger partial charge on any atom is 0.217 e. The van der Waals surface area contributed by atoms with Crippen LogP contribution >= 0.6 is 0 Å². The number of rotatable bonds is 8. The Morgan fingerprint density at radius 2 is 1.72 bits per heavy atom. The van der Waals surface area contributed by atoms with Gasteiger partial charge in [0.2, 0.25) is 5.91 Å². The number of hydrogen-bond donors (Lipinski definition) is 8. The molecule has 2 heterocycles. The highest BCUT2D eigenvalue weighted by Crippen LogP contribution is 2.28. The maximum absolute atomic E-state index is 11.3. The summed E-state index contributed by atoms with van der Waals surface area (Å²) in [5.41, 5.74) is 5.33.